The summed E-state index contributed by atoms with van der Waals surface area (Å²) in [5.74, 6) is 0.370. The Labute approximate surface area is 159 Å². The number of hydrogen-bond acceptors (Lipinski definition) is 4. The molecule has 1 unspecified atom stereocenters. The van der Waals surface area contributed by atoms with Crippen molar-refractivity contribution < 1.29 is 9.53 Å². The van der Waals surface area contributed by atoms with Crippen molar-refractivity contribution in [1.29, 1.82) is 5.26 Å². The Morgan fingerprint density at radius 2 is 2.12 bits per heavy atom. The van der Waals surface area contributed by atoms with Crippen LogP contribution < -0.4 is 10.1 Å². The molecule has 26 heavy (non-hydrogen) atoms. The van der Waals surface area contributed by atoms with Crippen molar-refractivity contribution in [2.24, 2.45) is 0 Å². The SMILES string of the molecule is COc1cc(Cl)c(C)cc1NC(=O)C(C)N(C)Cc1cccc(C#N)c1. The molecule has 0 aliphatic carbocycles. The van der Waals surface area contributed by atoms with Crippen molar-refractivity contribution in [2.45, 2.75) is 26.4 Å². The number of nitrogens with one attached hydrogen (secondary N) is 1. The smallest absolute Gasteiger partial charge is 0.241 e. The van der Waals surface area contributed by atoms with Gasteiger partial charge in [-0.25, -0.2) is 0 Å². The molecule has 0 aromatic heterocycles. The van der Waals surface area contributed by atoms with Gasteiger partial charge in [-0.2, -0.15) is 5.26 Å². The maximum Gasteiger partial charge on any atom is 0.241 e. The minimum atomic E-state index is -0.374. The topological polar surface area (TPSA) is 65.4 Å². The fourth-order valence-electron chi connectivity index (χ4n) is 2.53. The van der Waals surface area contributed by atoms with E-state index in [1.807, 2.05) is 44.0 Å². The first kappa shape index (κ1) is 19.8. The van der Waals surface area contributed by atoms with Crippen molar-refractivity contribution in [3.63, 3.8) is 0 Å². The molecule has 2 rings (SSSR count). The fraction of sp³-hybridized carbons (Fsp3) is 0.300. The number of halogens is 1. The van der Waals surface area contributed by atoms with Crippen molar-refractivity contribution in [1.82, 2.24) is 4.90 Å². The highest BCUT2D eigenvalue weighted by Crippen LogP contribution is 2.31. The van der Waals surface area contributed by atoms with Gasteiger partial charge >= 0.3 is 0 Å². The fourth-order valence-corrected chi connectivity index (χ4v) is 2.68. The number of anilines is 1. The Kier molecular flexibility index (Phi) is 6.62. The molecule has 2 aromatic carbocycles. The summed E-state index contributed by atoms with van der Waals surface area (Å²) in [5.41, 5.74) is 3.03. The second-order valence-electron chi connectivity index (χ2n) is 6.19. The van der Waals surface area contributed by atoms with E-state index in [9.17, 15) is 4.79 Å². The third-order valence-electron chi connectivity index (χ3n) is 4.27. The Bertz CT molecular complexity index is 845. The van der Waals surface area contributed by atoms with Crippen LogP contribution in [0.25, 0.3) is 0 Å². The molecule has 0 spiro atoms. The van der Waals surface area contributed by atoms with Gasteiger partial charge in [0.25, 0.3) is 0 Å². The third kappa shape index (κ3) is 4.75. The number of nitrogens with zero attached hydrogens (tertiary/aromatic N) is 2. The van der Waals surface area contributed by atoms with Crippen molar-refractivity contribution in [3.05, 3.63) is 58.1 Å². The summed E-state index contributed by atoms with van der Waals surface area (Å²) < 4.78 is 5.30. The maximum absolute atomic E-state index is 12.6. The molecule has 0 bridgehead atoms. The van der Waals surface area contributed by atoms with Gasteiger partial charge in [0.2, 0.25) is 5.91 Å². The molecular weight excluding hydrogens is 350 g/mol. The standard InChI is InChI=1S/C20H22ClN3O2/c1-13-8-18(19(26-4)10-17(13)21)23-20(25)14(2)24(3)12-16-7-5-6-15(9-16)11-22/h5-10,14H,12H2,1-4H3,(H,23,25). The minimum Gasteiger partial charge on any atom is -0.495 e. The number of carbonyl (C=O) groups is 1. The van der Waals surface area contributed by atoms with E-state index in [0.717, 1.165) is 11.1 Å². The number of rotatable bonds is 6. The van der Waals surface area contributed by atoms with E-state index >= 15 is 0 Å². The summed E-state index contributed by atoms with van der Waals surface area (Å²) in [7, 11) is 3.40. The Morgan fingerprint density at radius 3 is 2.77 bits per heavy atom. The van der Waals surface area contributed by atoms with Crippen LogP contribution >= 0.6 is 11.6 Å². The molecule has 0 heterocycles. The highest BCUT2D eigenvalue weighted by Gasteiger charge is 2.20. The van der Waals surface area contributed by atoms with Crippen LogP contribution in [0.4, 0.5) is 5.69 Å². The molecule has 0 saturated heterocycles. The van der Waals surface area contributed by atoms with Gasteiger partial charge in [0.05, 0.1) is 30.5 Å². The number of likely N-dealkylation sites (N-methyl/N-ethyl adjacent to an activating group) is 1. The van der Waals surface area contributed by atoms with Gasteiger partial charge in [-0.1, -0.05) is 23.7 Å². The molecule has 5 nitrogen and oxygen atoms in total. The lowest BCUT2D eigenvalue weighted by Crippen LogP contribution is -2.39. The van der Waals surface area contributed by atoms with Crippen molar-refractivity contribution in [2.75, 3.05) is 19.5 Å². The lowest BCUT2D eigenvalue weighted by atomic mass is 10.1. The highest BCUT2D eigenvalue weighted by molar-refractivity contribution is 6.31. The number of benzene rings is 2. The van der Waals surface area contributed by atoms with Crippen LogP contribution in [0.3, 0.4) is 0 Å². The van der Waals surface area contributed by atoms with E-state index < -0.39 is 0 Å². The monoisotopic (exact) mass is 371 g/mol. The molecule has 1 N–H and O–H groups in total. The molecule has 0 fully saturated rings. The average Bonchev–Trinajstić information content (AvgIpc) is 2.63. The molecule has 0 aliphatic heterocycles. The molecule has 6 heteroatoms. The van der Waals surface area contributed by atoms with E-state index in [4.69, 9.17) is 21.6 Å². The second-order valence-corrected chi connectivity index (χ2v) is 6.60. The van der Waals surface area contributed by atoms with Gasteiger partial charge in [-0.05, 0) is 50.2 Å². The van der Waals surface area contributed by atoms with Gasteiger partial charge < -0.3 is 10.1 Å². The van der Waals surface area contributed by atoms with Gasteiger partial charge in [-0.3, -0.25) is 9.69 Å². The maximum atomic E-state index is 12.6. The first-order valence-corrected chi connectivity index (χ1v) is 8.57. The number of amides is 1. The molecule has 0 radical (unpaired) electrons. The van der Waals surface area contributed by atoms with Gasteiger partial charge in [0.1, 0.15) is 5.75 Å². The summed E-state index contributed by atoms with van der Waals surface area (Å²) >= 11 is 6.11. The normalized spacial score (nSPS) is 11.7. The van der Waals surface area contributed by atoms with Crippen LogP contribution in [0.15, 0.2) is 36.4 Å². The molecule has 0 aliphatic rings. The van der Waals surface area contributed by atoms with Crippen LogP contribution in [-0.2, 0) is 11.3 Å². The van der Waals surface area contributed by atoms with Crippen LogP contribution in [-0.4, -0.2) is 31.0 Å². The number of aryl methyl sites for hydroxylation is 1. The van der Waals surface area contributed by atoms with Crippen LogP contribution in [0.2, 0.25) is 5.02 Å². The van der Waals surface area contributed by atoms with Gasteiger partial charge in [0, 0.05) is 17.6 Å². The number of carbonyl (C=O) groups excluding carboxylic acids is 1. The number of nitriles is 1. The first-order chi connectivity index (χ1) is 12.3. The second kappa shape index (κ2) is 8.70. The molecule has 1 atom stereocenters. The number of ether oxygens (including phenoxy) is 1. The summed E-state index contributed by atoms with van der Waals surface area (Å²) in [5, 5.41) is 12.5. The Balaban J connectivity index is 2.09. The average molecular weight is 372 g/mol. The Hall–Kier alpha value is -2.55. The van der Waals surface area contributed by atoms with Crippen LogP contribution in [0, 0.1) is 18.3 Å². The van der Waals surface area contributed by atoms with Crippen LogP contribution in [0.1, 0.15) is 23.6 Å². The molecule has 0 saturated carbocycles. The number of hydrogen-bond donors (Lipinski definition) is 1. The highest BCUT2D eigenvalue weighted by atomic mass is 35.5. The first-order valence-electron chi connectivity index (χ1n) is 8.20. The molecule has 136 valence electrons. The van der Waals surface area contributed by atoms with Gasteiger partial charge in [-0.15, -0.1) is 0 Å². The lowest BCUT2D eigenvalue weighted by Gasteiger charge is -2.24. The predicted octanol–water partition coefficient (Wildman–Crippen LogP) is 3.99. The summed E-state index contributed by atoms with van der Waals surface area (Å²) in [4.78, 5) is 14.6. The summed E-state index contributed by atoms with van der Waals surface area (Å²) in [6.07, 6.45) is 0. The van der Waals surface area contributed by atoms with Gasteiger partial charge in [0.15, 0.2) is 0 Å². The number of methoxy groups -OCH3 is 1. The zero-order valence-electron chi connectivity index (χ0n) is 15.3. The molecule has 2 aromatic rings. The molecular formula is C20H22ClN3O2. The van der Waals surface area contributed by atoms with E-state index in [0.29, 0.717) is 28.6 Å². The van der Waals surface area contributed by atoms with E-state index in [2.05, 4.69) is 11.4 Å². The van der Waals surface area contributed by atoms with E-state index in [1.165, 1.54) is 7.11 Å². The van der Waals surface area contributed by atoms with Crippen LogP contribution in [0.5, 0.6) is 5.75 Å². The van der Waals surface area contributed by atoms with E-state index in [1.54, 1.807) is 18.2 Å². The minimum absolute atomic E-state index is 0.149. The zero-order chi connectivity index (χ0) is 19.3. The zero-order valence-corrected chi connectivity index (χ0v) is 16.1. The Morgan fingerprint density at radius 1 is 1.38 bits per heavy atom. The third-order valence-corrected chi connectivity index (χ3v) is 4.67. The van der Waals surface area contributed by atoms with Crippen molar-refractivity contribution in [3.8, 4) is 11.8 Å². The summed E-state index contributed by atoms with van der Waals surface area (Å²) in [6.45, 7) is 4.26. The summed E-state index contributed by atoms with van der Waals surface area (Å²) in [6, 6.07) is 12.6. The largest absolute Gasteiger partial charge is 0.495 e. The molecule has 1 amide bonds. The van der Waals surface area contributed by atoms with E-state index in [-0.39, 0.29) is 11.9 Å². The van der Waals surface area contributed by atoms with Crippen molar-refractivity contribution >= 4 is 23.2 Å². The quantitative estimate of drug-likeness (QED) is 0.833. The predicted molar refractivity (Wildman–Crippen MR) is 103 cm³/mol. The lowest BCUT2D eigenvalue weighted by molar-refractivity contribution is -0.120.